The lowest BCUT2D eigenvalue weighted by Crippen LogP contribution is -1.91. The predicted octanol–water partition coefficient (Wildman–Crippen LogP) is 5.00. The van der Waals surface area contributed by atoms with Crippen LogP contribution in [-0.4, -0.2) is 10.8 Å². The number of benzene rings is 2. The van der Waals surface area contributed by atoms with Gasteiger partial charge in [0.15, 0.2) is 0 Å². The standard InChI is InChI=1S/C17H15BrN2/c1-12-14(11-19-16-9-5-4-8-15(16)18)13-7-3-6-10-17(13)20(12)2/h3-11H,1-2H3. The third-order valence-electron chi connectivity index (χ3n) is 3.63. The van der Waals surface area contributed by atoms with E-state index in [0.29, 0.717) is 0 Å². The van der Waals surface area contributed by atoms with Gasteiger partial charge >= 0.3 is 0 Å². The molecule has 0 bridgehead atoms. The van der Waals surface area contributed by atoms with Crippen molar-refractivity contribution in [2.75, 3.05) is 0 Å². The van der Waals surface area contributed by atoms with Gasteiger partial charge in [-0.2, -0.15) is 0 Å². The fourth-order valence-corrected chi connectivity index (χ4v) is 2.79. The third kappa shape index (κ3) is 2.18. The fourth-order valence-electron chi connectivity index (χ4n) is 2.40. The second kappa shape index (κ2) is 5.25. The van der Waals surface area contributed by atoms with E-state index >= 15 is 0 Å². The SMILES string of the molecule is Cc1c(C=Nc2ccccc2Br)c2ccccc2n1C. The minimum absolute atomic E-state index is 0.944. The highest BCUT2D eigenvalue weighted by Crippen LogP contribution is 2.27. The Hall–Kier alpha value is -1.87. The summed E-state index contributed by atoms with van der Waals surface area (Å²) in [7, 11) is 2.09. The van der Waals surface area contributed by atoms with Crippen LogP contribution >= 0.6 is 15.9 Å². The highest BCUT2D eigenvalue weighted by molar-refractivity contribution is 9.10. The number of aliphatic imine (C=N–C) groups is 1. The van der Waals surface area contributed by atoms with E-state index in [0.717, 1.165) is 10.2 Å². The van der Waals surface area contributed by atoms with Crippen LogP contribution in [0.1, 0.15) is 11.3 Å². The van der Waals surface area contributed by atoms with E-state index in [1.54, 1.807) is 0 Å². The molecule has 0 spiro atoms. The lowest BCUT2D eigenvalue weighted by molar-refractivity contribution is 0.917. The van der Waals surface area contributed by atoms with Crippen LogP contribution < -0.4 is 0 Å². The first kappa shape index (κ1) is 13.1. The molecule has 0 aliphatic carbocycles. The van der Waals surface area contributed by atoms with Gasteiger partial charge < -0.3 is 4.57 Å². The molecule has 2 nitrogen and oxygen atoms in total. The number of nitrogens with zero attached hydrogens (tertiary/aromatic N) is 2. The van der Waals surface area contributed by atoms with Gasteiger partial charge in [0.05, 0.1) is 5.69 Å². The topological polar surface area (TPSA) is 17.3 Å². The van der Waals surface area contributed by atoms with Crippen molar-refractivity contribution >= 4 is 38.7 Å². The summed E-state index contributed by atoms with van der Waals surface area (Å²) in [6.07, 6.45) is 1.96. The molecule has 3 aromatic rings. The maximum Gasteiger partial charge on any atom is 0.0771 e. The van der Waals surface area contributed by atoms with Crippen molar-refractivity contribution in [3.63, 3.8) is 0 Å². The molecule has 2 aromatic carbocycles. The van der Waals surface area contributed by atoms with E-state index in [4.69, 9.17) is 0 Å². The van der Waals surface area contributed by atoms with Gasteiger partial charge in [-0.25, -0.2) is 0 Å². The highest BCUT2D eigenvalue weighted by Gasteiger charge is 2.09. The number of hydrogen-bond acceptors (Lipinski definition) is 1. The van der Waals surface area contributed by atoms with Crippen molar-refractivity contribution in [2.24, 2.45) is 12.0 Å². The molecule has 0 radical (unpaired) electrons. The zero-order valence-corrected chi connectivity index (χ0v) is 13.1. The maximum absolute atomic E-state index is 4.62. The molecule has 1 aromatic heterocycles. The van der Waals surface area contributed by atoms with Gasteiger partial charge in [0, 0.05) is 39.9 Å². The Morgan fingerprint density at radius 3 is 2.55 bits per heavy atom. The lowest BCUT2D eigenvalue weighted by Gasteiger charge is -1.98. The number of rotatable bonds is 2. The number of para-hydroxylation sites is 2. The van der Waals surface area contributed by atoms with Crippen molar-refractivity contribution in [3.8, 4) is 0 Å². The van der Waals surface area contributed by atoms with Gasteiger partial charge in [-0.1, -0.05) is 30.3 Å². The van der Waals surface area contributed by atoms with E-state index in [1.807, 2.05) is 30.5 Å². The van der Waals surface area contributed by atoms with Crippen LogP contribution in [-0.2, 0) is 7.05 Å². The van der Waals surface area contributed by atoms with Gasteiger partial charge in [-0.05, 0) is 41.1 Å². The molecule has 100 valence electrons. The minimum atomic E-state index is 0.944. The smallest absolute Gasteiger partial charge is 0.0771 e. The largest absolute Gasteiger partial charge is 0.347 e. The monoisotopic (exact) mass is 326 g/mol. The normalized spacial score (nSPS) is 11.6. The summed E-state index contributed by atoms with van der Waals surface area (Å²) in [5, 5.41) is 1.24. The van der Waals surface area contributed by atoms with Crippen molar-refractivity contribution in [2.45, 2.75) is 6.92 Å². The zero-order chi connectivity index (χ0) is 14.1. The fraction of sp³-hybridized carbons (Fsp3) is 0.118. The first-order chi connectivity index (χ1) is 9.68. The molecule has 0 unspecified atom stereocenters. The molecule has 0 N–H and O–H groups in total. The Labute approximate surface area is 126 Å². The van der Waals surface area contributed by atoms with E-state index in [2.05, 4.69) is 63.7 Å². The summed E-state index contributed by atoms with van der Waals surface area (Å²) in [6, 6.07) is 16.4. The van der Waals surface area contributed by atoms with Gasteiger partial charge in [0.2, 0.25) is 0 Å². The van der Waals surface area contributed by atoms with E-state index in [-0.39, 0.29) is 0 Å². The van der Waals surface area contributed by atoms with Gasteiger partial charge in [0.1, 0.15) is 0 Å². The predicted molar refractivity (Wildman–Crippen MR) is 89.1 cm³/mol. The summed E-state index contributed by atoms with van der Waals surface area (Å²) in [4.78, 5) is 4.62. The Kier molecular flexibility index (Phi) is 3.45. The van der Waals surface area contributed by atoms with Gasteiger partial charge in [0.25, 0.3) is 0 Å². The molecule has 0 atom stereocenters. The lowest BCUT2D eigenvalue weighted by atomic mass is 10.1. The average molecular weight is 327 g/mol. The molecule has 3 heteroatoms. The van der Waals surface area contributed by atoms with Gasteiger partial charge in [-0.3, -0.25) is 4.99 Å². The van der Waals surface area contributed by atoms with E-state index < -0.39 is 0 Å². The number of aryl methyl sites for hydroxylation is 1. The summed E-state index contributed by atoms with van der Waals surface area (Å²) < 4.78 is 3.21. The summed E-state index contributed by atoms with van der Waals surface area (Å²) >= 11 is 3.52. The summed E-state index contributed by atoms with van der Waals surface area (Å²) in [5.41, 5.74) is 4.58. The van der Waals surface area contributed by atoms with Crippen molar-refractivity contribution in [3.05, 3.63) is 64.3 Å². The summed E-state index contributed by atoms with van der Waals surface area (Å²) in [5.74, 6) is 0. The van der Waals surface area contributed by atoms with Crippen LogP contribution in [0.15, 0.2) is 58.0 Å². The molecule has 0 fully saturated rings. The van der Waals surface area contributed by atoms with E-state index in [9.17, 15) is 0 Å². The van der Waals surface area contributed by atoms with Crippen LogP contribution in [0.3, 0.4) is 0 Å². The molecule has 0 amide bonds. The molecule has 0 aliphatic rings. The van der Waals surface area contributed by atoms with Crippen molar-refractivity contribution in [1.82, 2.24) is 4.57 Å². The summed E-state index contributed by atoms with van der Waals surface area (Å²) in [6.45, 7) is 2.13. The highest BCUT2D eigenvalue weighted by atomic mass is 79.9. The maximum atomic E-state index is 4.62. The molecule has 3 rings (SSSR count). The first-order valence-corrected chi connectivity index (χ1v) is 7.30. The molecule has 0 saturated heterocycles. The number of halogens is 1. The minimum Gasteiger partial charge on any atom is -0.347 e. The van der Waals surface area contributed by atoms with Crippen LogP contribution in [0.2, 0.25) is 0 Å². The first-order valence-electron chi connectivity index (χ1n) is 6.51. The van der Waals surface area contributed by atoms with Crippen LogP contribution in [0.25, 0.3) is 10.9 Å². The number of fused-ring (bicyclic) bond motifs is 1. The van der Waals surface area contributed by atoms with Crippen LogP contribution in [0.5, 0.6) is 0 Å². The zero-order valence-electron chi connectivity index (χ0n) is 11.5. The molecule has 0 aliphatic heterocycles. The third-order valence-corrected chi connectivity index (χ3v) is 4.30. The van der Waals surface area contributed by atoms with Gasteiger partial charge in [-0.15, -0.1) is 0 Å². The molecular weight excluding hydrogens is 312 g/mol. The quantitative estimate of drug-likeness (QED) is 0.590. The second-order valence-corrected chi connectivity index (χ2v) is 5.64. The molecule has 1 heterocycles. The van der Waals surface area contributed by atoms with Crippen LogP contribution in [0, 0.1) is 6.92 Å². The second-order valence-electron chi connectivity index (χ2n) is 4.78. The van der Waals surface area contributed by atoms with Crippen molar-refractivity contribution < 1.29 is 0 Å². The molecule has 0 saturated carbocycles. The molecule has 20 heavy (non-hydrogen) atoms. The molecular formula is C17H15BrN2. The van der Waals surface area contributed by atoms with E-state index in [1.165, 1.54) is 22.2 Å². The Morgan fingerprint density at radius 1 is 1.05 bits per heavy atom. The number of hydrogen-bond donors (Lipinski definition) is 0. The Balaban J connectivity index is 2.12. The average Bonchev–Trinajstić information content (AvgIpc) is 2.71. The Morgan fingerprint density at radius 2 is 1.75 bits per heavy atom. The van der Waals surface area contributed by atoms with Crippen LogP contribution in [0.4, 0.5) is 5.69 Å². The van der Waals surface area contributed by atoms with Crippen molar-refractivity contribution in [1.29, 1.82) is 0 Å². The Bertz CT molecular complexity index is 800. The number of aromatic nitrogens is 1.